The van der Waals surface area contributed by atoms with E-state index >= 15 is 0 Å². The molecule has 2 heteroatoms. The third kappa shape index (κ3) is 3.72. The zero-order valence-electron chi connectivity index (χ0n) is 5.77. The molecular formula is C7H10NO. The fourth-order valence-electron chi connectivity index (χ4n) is 0.472. The van der Waals surface area contributed by atoms with Crippen molar-refractivity contribution < 1.29 is 4.79 Å². The van der Waals surface area contributed by atoms with Crippen LogP contribution in [0.1, 0.15) is 26.7 Å². The molecule has 0 rings (SSSR count). The maximum Gasteiger partial charge on any atom is 0.198 e. The predicted molar refractivity (Wildman–Crippen MR) is 34.3 cm³/mol. The van der Waals surface area contributed by atoms with Crippen molar-refractivity contribution in [3.05, 3.63) is 0 Å². The van der Waals surface area contributed by atoms with Crippen LogP contribution in [0.15, 0.2) is 0 Å². The number of nitriles is 1. The SMILES string of the molecule is CC(C)(C[C]=O)CC#N. The van der Waals surface area contributed by atoms with Gasteiger partial charge in [-0.1, -0.05) is 13.8 Å². The van der Waals surface area contributed by atoms with Crippen molar-refractivity contribution in [3.63, 3.8) is 0 Å². The highest BCUT2D eigenvalue weighted by Crippen LogP contribution is 2.22. The fraction of sp³-hybridized carbons (Fsp3) is 0.714. The average molecular weight is 124 g/mol. The summed E-state index contributed by atoms with van der Waals surface area (Å²) < 4.78 is 0. The summed E-state index contributed by atoms with van der Waals surface area (Å²) in [6.07, 6.45) is 2.56. The number of rotatable bonds is 3. The van der Waals surface area contributed by atoms with Crippen molar-refractivity contribution in [2.24, 2.45) is 5.41 Å². The lowest BCUT2D eigenvalue weighted by atomic mass is 9.87. The van der Waals surface area contributed by atoms with E-state index in [1.807, 2.05) is 19.9 Å². The minimum Gasteiger partial charge on any atom is -0.291 e. The molecule has 0 unspecified atom stereocenters. The van der Waals surface area contributed by atoms with Crippen LogP contribution in [0.5, 0.6) is 0 Å². The van der Waals surface area contributed by atoms with Crippen LogP contribution in [0.25, 0.3) is 0 Å². The first-order valence-corrected chi connectivity index (χ1v) is 2.84. The Labute approximate surface area is 55.5 Å². The van der Waals surface area contributed by atoms with E-state index in [1.165, 1.54) is 0 Å². The van der Waals surface area contributed by atoms with E-state index in [-0.39, 0.29) is 5.41 Å². The Bertz CT molecular complexity index is 132. The van der Waals surface area contributed by atoms with Crippen LogP contribution in [0, 0.1) is 16.7 Å². The van der Waals surface area contributed by atoms with Gasteiger partial charge in [-0.25, -0.2) is 0 Å². The molecule has 0 spiro atoms. The van der Waals surface area contributed by atoms with Crippen molar-refractivity contribution in [2.45, 2.75) is 26.7 Å². The Morgan fingerprint density at radius 1 is 1.44 bits per heavy atom. The van der Waals surface area contributed by atoms with Gasteiger partial charge in [0.05, 0.1) is 6.07 Å². The monoisotopic (exact) mass is 124 g/mol. The Morgan fingerprint density at radius 3 is 2.33 bits per heavy atom. The summed E-state index contributed by atoms with van der Waals surface area (Å²) in [7, 11) is 0. The first-order valence-electron chi connectivity index (χ1n) is 2.84. The van der Waals surface area contributed by atoms with E-state index in [1.54, 1.807) is 6.29 Å². The molecule has 0 aromatic carbocycles. The van der Waals surface area contributed by atoms with Gasteiger partial charge in [-0.2, -0.15) is 5.26 Å². The van der Waals surface area contributed by atoms with Crippen LogP contribution in [0.4, 0.5) is 0 Å². The highest BCUT2D eigenvalue weighted by Gasteiger charge is 2.16. The summed E-state index contributed by atoms with van der Waals surface area (Å²) in [4.78, 5) is 9.86. The largest absolute Gasteiger partial charge is 0.291 e. The Kier molecular flexibility index (Phi) is 2.94. The number of carbonyl (C=O) groups excluding carboxylic acids is 1. The van der Waals surface area contributed by atoms with E-state index in [2.05, 4.69) is 0 Å². The highest BCUT2D eigenvalue weighted by atomic mass is 16.1. The van der Waals surface area contributed by atoms with Gasteiger partial charge in [0, 0.05) is 12.8 Å². The van der Waals surface area contributed by atoms with E-state index in [4.69, 9.17) is 5.26 Å². The lowest BCUT2D eigenvalue weighted by molar-refractivity contribution is 0.382. The standard InChI is InChI=1S/C7H10NO/c1-7(2,3-5-8)4-6-9/h3-4H2,1-2H3. The lowest BCUT2D eigenvalue weighted by Gasteiger charge is -2.15. The van der Waals surface area contributed by atoms with Crippen LogP contribution in [-0.4, -0.2) is 6.29 Å². The van der Waals surface area contributed by atoms with Gasteiger partial charge in [0.25, 0.3) is 0 Å². The molecule has 0 N–H and O–H groups in total. The molecule has 0 atom stereocenters. The van der Waals surface area contributed by atoms with E-state index in [0.717, 1.165) is 0 Å². The molecule has 9 heavy (non-hydrogen) atoms. The molecule has 0 bridgehead atoms. The molecule has 0 saturated heterocycles. The Hall–Kier alpha value is -0.840. The molecule has 2 nitrogen and oxygen atoms in total. The van der Waals surface area contributed by atoms with Crippen molar-refractivity contribution in [1.29, 1.82) is 5.26 Å². The average Bonchev–Trinajstić information content (AvgIpc) is 1.64. The summed E-state index contributed by atoms with van der Waals surface area (Å²) in [5.74, 6) is 0. The summed E-state index contributed by atoms with van der Waals surface area (Å²) in [5, 5.41) is 8.25. The Morgan fingerprint density at radius 2 is 2.00 bits per heavy atom. The van der Waals surface area contributed by atoms with Crippen LogP contribution in [0.3, 0.4) is 0 Å². The van der Waals surface area contributed by atoms with Crippen molar-refractivity contribution in [2.75, 3.05) is 0 Å². The van der Waals surface area contributed by atoms with Gasteiger partial charge in [-0.15, -0.1) is 0 Å². The van der Waals surface area contributed by atoms with Gasteiger partial charge < -0.3 is 0 Å². The molecule has 1 radical (unpaired) electrons. The maximum absolute atomic E-state index is 9.86. The second kappa shape index (κ2) is 3.24. The fourth-order valence-corrected chi connectivity index (χ4v) is 0.472. The van der Waals surface area contributed by atoms with Crippen LogP contribution in [-0.2, 0) is 4.79 Å². The maximum atomic E-state index is 9.86. The van der Waals surface area contributed by atoms with Crippen molar-refractivity contribution >= 4 is 6.29 Å². The topological polar surface area (TPSA) is 40.9 Å². The molecule has 0 saturated carbocycles. The van der Waals surface area contributed by atoms with Gasteiger partial charge >= 0.3 is 0 Å². The third-order valence-electron chi connectivity index (χ3n) is 1.11. The van der Waals surface area contributed by atoms with Crippen molar-refractivity contribution in [1.82, 2.24) is 0 Å². The van der Waals surface area contributed by atoms with Gasteiger partial charge in [0.1, 0.15) is 0 Å². The predicted octanol–water partition coefficient (Wildman–Crippen LogP) is 1.43. The molecule has 0 fully saturated rings. The molecular weight excluding hydrogens is 114 g/mol. The first-order chi connectivity index (χ1) is 4.12. The second-order valence-electron chi connectivity index (χ2n) is 2.82. The normalized spacial score (nSPS) is 10.3. The Balaban J connectivity index is 3.73. The molecule has 0 aliphatic rings. The van der Waals surface area contributed by atoms with E-state index in [9.17, 15) is 4.79 Å². The molecule has 0 aliphatic carbocycles. The zero-order valence-corrected chi connectivity index (χ0v) is 5.77. The third-order valence-corrected chi connectivity index (χ3v) is 1.11. The summed E-state index contributed by atoms with van der Waals surface area (Å²) in [6.45, 7) is 3.75. The van der Waals surface area contributed by atoms with Crippen LogP contribution < -0.4 is 0 Å². The van der Waals surface area contributed by atoms with Gasteiger partial charge in [-0.3, -0.25) is 4.79 Å². The molecule has 0 amide bonds. The number of hydrogen-bond acceptors (Lipinski definition) is 2. The molecule has 0 aliphatic heterocycles. The minimum absolute atomic E-state index is 0.184. The zero-order chi connectivity index (χ0) is 7.33. The molecule has 49 valence electrons. The number of nitrogens with zero attached hydrogens (tertiary/aromatic N) is 1. The highest BCUT2D eigenvalue weighted by molar-refractivity contribution is 5.51. The van der Waals surface area contributed by atoms with E-state index < -0.39 is 0 Å². The second-order valence-corrected chi connectivity index (χ2v) is 2.82. The molecule has 0 aromatic rings. The summed E-state index contributed by atoms with van der Waals surface area (Å²) in [5.41, 5.74) is -0.184. The smallest absolute Gasteiger partial charge is 0.198 e. The summed E-state index contributed by atoms with van der Waals surface area (Å²) >= 11 is 0. The lowest BCUT2D eigenvalue weighted by Crippen LogP contribution is -2.10. The van der Waals surface area contributed by atoms with Crippen molar-refractivity contribution in [3.8, 4) is 6.07 Å². The van der Waals surface area contributed by atoms with Crippen LogP contribution in [0.2, 0.25) is 0 Å². The van der Waals surface area contributed by atoms with Gasteiger partial charge in [-0.05, 0) is 5.41 Å². The first kappa shape index (κ1) is 8.16. The minimum atomic E-state index is -0.184. The van der Waals surface area contributed by atoms with Crippen LogP contribution >= 0.6 is 0 Å². The quantitative estimate of drug-likeness (QED) is 0.571. The molecule has 0 heterocycles. The summed E-state index contributed by atoms with van der Waals surface area (Å²) in [6, 6.07) is 2.01. The number of hydrogen-bond donors (Lipinski definition) is 0. The van der Waals surface area contributed by atoms with Gasteiger partial charge in [0.15, 0.2) is 6.29 Å². The van der Waals surface area contributed by atoms with Gasteiger partial charge in [0.2, 0.25) is 0 Å². The van der Waals surface area contributed by atoms with E-state index in [0.29, 0.717) is 12.8 Å². The molecule has 0 aromatic heterocycles.